The van der Waals surface area contributed by atoms with Crippen LogP contribution in [0.1, 0.15) is 37.7 Å². The van der Waals surface area contributed by atoms with Crippen molar-refractivity contribution in [2.24, 2.45) is 0 Å². The number of carboxylic acid groups (broad SMARTS) is 1. The smallest absolute Gasteiger partial charge is 0.311 e. The van der Waals surface area contributed by atoms with E-state index >= 15 is 0 Å². The van der Waals surface area contributed by atoms with Crippen LogP contribution >= 0.6 is 0 Å². The van der Waals surface area contributed by atoms with Crippen LogP contribution in [0.15, 0.2) is 54.6 Å². The average Bonchev–Trinajstić information content (AvgIpc) is 2.38. The Morgan fingerprint density at radius 2 is 1.83 bits per heavy atom. The zero-order valence-corrected chi connectivity index (χ0v) is 10.8. The van der Waals surface area contributed by atoms with Crippen LogP contribution in [-0.2, 0) is 4.79 Å². The maximum Gasteiger partial charge on any atom is 0.311 e. The summed E-state index contributed by atoms with van der Waals surface area (Å²) < 4.78 is 0. The summed E-state index contributed by atoms with van der Waals surface area (Å²) in [6.45, 7) is 2.00. The van der Waals surface area contributed by atoms with E-state index in [1.165, 1.54) is 0 Å². The van der Waals surface area contributed by atoms with Crippen molar-refractivity contribution in [3.63, 3.8) is 0 Å². The highest BCUT2D eigenvalue weighted by molar-refractivity contribution is 5.76. The molecule has 0 radical (unpaired) electrons. The van der Waals surface area contributed by atoms with Crippen LogP contribution in [0.5, 0.6) is 0 Å². The number of unbranched alkanes of at least 4 members (excludes halogenated alkanes) is 1. The lowest BCUT2D eigenvalue weighted by Crippen LogP contribution is -2.10. The molecule has 2 nitrogen and oxygen atoms in total. The second-order valence-electron chi connectivity index (χ2n) is 4.15. The molecule has 0 amide bonds. The highest BCUT2D eigenvalue weighted by Crippen LogP contribution is 2.20. The molecule has 1 unspecified atom stereocenters. The Morgan fingerprint density at radius 3 is 2.44 bits per heavy atom. The summed E-state index contributed by atoms with van der Waals surface area (Å²) in [5, 5.41) is 9.22. The van der Waals surface area contributed by atoms with Crippen LogP contribution in [0, 0.1) is 0 Å². The van der Waals surface area contributed by atoms with Gasteiger partial charge in [-0.3, -0.25) is 4.79 Å². The third kappa shape index (κ3) is 5.00. The van der Waals surface area contributed by atoms with Crippen LogP contribution in [0.3, 0.4) is 0 Å². The lowest BCUT2D eigenvalue weighted by Gasteiger charge is -2.09. The molecule has 0 heterocycles. The van der Waals surface area contributed by atoms with E-state index in [2.05, 4.69) is 12.2 Å². The number of aliphatic carboxylic acids is 1. The van der Waals surface area contributed by atoms with Crippen molar-refractivity contribution in [1.29, 1.82) is 0 Å². The second-order valence-corrected chi connectivity index (χ2v) is 4.15. The van der Waals surface area contributed by atoms with Gasteiger partial charge < -0.3 is 5.11 Å². The molecule has 18 heavy (non-hydrogen) atoms. The van der Waals surface area contributed by atoms with Crippen molar-refractivity contribution in [3.05, 3.63) is 60.2 Å². The van der Waals surface area contributed by atoms with E-state index < -0.39 is 11.9 Å². The maximum absolute atomic E-state index is 11.2. The number of benzene rings is 1. The van der Waals surface area contributed by atoms with Crippen LogP contribution in [0.4, 0.5) is 0 Å². The number of carboxylic acids is 1. The number of carbonyl (C=O) groups is 1. The molecule has 0 aliphatic heterocycles. The number of rotatable bonds is 7. The number of hydrogen-bond donors (Lipinski definition) is 1. The Bertz CT molecular complexity index is 404. The van der Waals surface area contributed by atoms with Crippen LogP contribution < -0.4 is 0 Å². The summed E-state index contributed by atoms with van der Waals surface area (Å²) in [5.41, 5.74) is 0.864. The Hall–Kier alpha value is -1.83. The predicted octanol–water partition coefficient (Wildman–Crippen LogP) is 4.16. The van der Waals surface area contributed by atoms with Gasteiger partial charge in [0.25, 0.3) is 0 Å². The van der Waals surface area contributed by atoms with Crippen LogP contribution in [0.25, 0.3) is 0 Å². The molecule has 1 aromatic rings. The molecule has 0 spiro atoms. The average molecular weight is 244 g/mol. The van der Waals surface area contributed by atoms with E-state index in [4.69, 9.17) is 0 Å². The lowest BCUT2D eigenvalue weighted by atomic mass is 9.95. The van der Waals surface area contributed by atoms with Gasteiger partial charge in [0, 0.05) is 0 Å². The molecule has 1 atom stereocenters. The third-order valence-corrected chi connectivity index (χ3v) is 2.77. The Morgan fingerprint density at radius 1 is 1.17 bits per heavy atom. The molecular weight excluding hydrogens is 224 g/mol. The summed E-state index contributed by atoms with van der Waals surface area (Å²) >= 11 is 0. The molecule has 0 saturated carbocycles. The molecule has 0 saturated heterocycles. The highest BCUT2D eigenvalue weighted by Gasteiger charge is 2.17. The summed E-state index contributed by atoms with van der Waals surface area (Å²) in [4.78, 5) is 11.2. The first-order chi connectivity index (χ1) is 8.75. The molecule has 96 valence electrons. The van der Waals surface area contributed by atoms with Crippen molar-refractivity contribution in [2.45, 2.75) is 32.1 Å². The van der Waals surface area contributed by atoms with Crippen LogP contribution in [0.2, 0.25) is 0 Å². The van der Waals surface area contributed by atoms with Gasteiger partial charge in [-0.1, -0.05) is 54.6 Å². The summed E-state index contributed by atoms with van der Waals surface area (Å²) in [6.07, 6.45) is 10.7. The number of hydrogen-bond acceptors (Lipinski definition) is 1. The third-order valence-electron chi connectivity index (χ3n) is 2.77. The molecule has 0 bridgehead atoms. The molecule has 1 aromatic carbocycles. The van der Waals surface area contributed by atoms with Gasteiger partial charge in [0.05, 0.1) is 5.92 Å². The Balaban J connectivity index is 2.52. The summed E-state index contributed by atoms with van der Waals surface area (Å²) in [7, 11) is 0. The maximum atomic E-state index is 11.2. The zero-order chi connectivity index (χ0) is 13.2. The predicted molar refractivity (Wildman–Crippen MR) is 74.6 cm³/mol. The molecule has 0 aliphatic rings. The molecule has 0 aromatic heterocycles. The first-order valence-electron chi connectivity index (χ1n) is 6.29. The van der Waals surface area contributed by atoms with Crippen LogP contribution in [-0.4, -0.2) is 11.1 Å². The van der Waals surface area contributed by atoms with Gasteiger partial charge in [-0.05, 0) is 31.7 Å². The molecule has 1 rings (SSSR count). The van der Waals surface area contributed by atoms with Gasteiger partial charge in [-0.25, -0.2) is 0 Å². The van der Waals surface area contributed by atoms with Crippen molar-refractivity contribution in [2.75, 3.05) is 0 Å². The van der Waals surface area contributed by atoms with Gasteiger partial charge in [0.1, 0.15) is 0 Å². The standard InChI is InChI=1S/C16H20O2/c1-2-3-4-5-6-10-13-15(16(17)18)14-11-8-7-9-12-14/h2-3,6-12,15H,4-5,13H2,1H3,(H,17,18)/b3-2+,10-6?. The van der Waals surface area contributed by atoms with Gasteiger partial charge in [0.15, 0.2) is 0 Å². The topological polar surface area (TPSA) is 37.3 Å². The molecule has 2 heteroatoms. The van der Waals surface area contributed by atoms with E-state index in [9.17, 15) is 9.90 Å². The van der Waals surface area contributed by atoms with E-state index in [1.54, 1.807) is 0 Å². The first kappa shape index (κ1) is 14.2. The molecule has 0 aliphatic carbocycles. The van der Waals surface area contributed by atoms with E-state index in [-0.39, 0.29) is 0 Å². The fourth-order valence-electron chi connectivity index (χ4n) is 1.77. The van der Waals surface area contributed by atoms with Gasteiger partial charge in [-0.15, -0.1) is 0 Å². The van der Waals surface area contributed by atoms with Gasteiger partial charge >= 0.3 is 5.97 Å². The van der Waals surface area contributed by atoms with Crippen molar-refractivity contribution < 1.29 is 9.90 Å². The normalized spacial score (nSPS) is 13.2. The van der Waals surface area contributed by atoms with E-state index in [0.29, 0.717) is 6.42 Å². The fourth-order valence-corrected chi connectivity index (χ4v) is 1.77. The monoisotopic (exact) mass is 244 g/mol. The fraction of sp³-hybridized carbons (Fsp3) is 0.312. The Kier molecular flexibility index (Phi) is 6.55. The van der Waals surface area contributed by atoms with Crippen molar-refractivity contribution in [1.82, 2.24) is 0 Å². The quantitative estimate of drug-likeness (QED) is 0.577. The second kappa shape index (κ2) is 8.29. The Labute approximate surface area is 109 Å². The number of allylic oxidation sites excluding steroid dienone is 4. The van der Waals surface area contributed by atoms with E-state index in [1.807, 2.05) is 49.4 Å². The molecule has 0 fully saturated rings. The van der Waals surface area contributed by atoms with E-state index in [0.717, 1.165) is 18.4 Å². The van der Waals surface area contributed by atoms with Crippen molar-refractivity contribution in [3.8, 4) is 0 Å². The minimum Gasteiger partial charge on any atom is -0.481 e. The SMILES string of the molecule is C/C=C/CCC=CCC(C(=O)O)c1ccccc1. The minimum atomic E-state index is -0.765. The highest BCUT2D eigenvalue weighted by atomic mass is 16.4. The van der Waals surface area contributed by atoms with Crippen molar-refractivity contribution >= 4 is 5.97 Å². The molecular formula is C16H20O2. The largest absolute Gasteiger partial charge is 0.481 e. The van der Waals surface area contributed by atoms with Gasteiger partial charge in [0.2, 0.25) is 0 Å². The lowest BCUT2D eigenvalue weighted by molar-refractivity contribution is -0.138. The molecule has 1 N–H and O–H groups in total. The van der Waals surface area contributed by atoms with Gasteiger partial charge in [-0.2, -0.15) is 0 Å². The zero-order valence-electron chi connectivity index (χ0n) is 10.8. The summed E-state index contributed by atoms with van der Waals surface area (Å²) in [5.74, 6) is -1.21. The minimum absolute atomic E-state index is 0.441. The summed E-state index contributed by atoms with van der Waals surface area (Å²) in [6, 6.07) is 9.39. The first-order valence-corrected chi connectivity index (χ1v) is 6.29.